The van der Waals surface area contributed by atoms with E-state index < -0.39 is 0 Å². The molecule has 14 heavy (non-hydrogen) atoms. The van der Waals surface area contributed by atoms with Gasteiger partial charge < -0.3 is 10.1 Å². The van der Waals surface area contributed by atoms with E-state index in [0.717, 1.165) is 24.7 Å². The molecule has 0 spiro atoms. The van der Waals surface area contributed by atoms with Crippen molar-refractivity contribution >= 4 is 28.7 Å². The summed E-state index contributed by atoms with van der Waals surface area (Å²) in [5.41, 5.74) is 0. The van der Waals surface area contributed by atoms with Crippen LogP contribution in [0, 0.1) is 3.95 Å². The third-order valence-electron chi connectivity index (χ3n) is 2.19. The van der Waals surface area contributed by atoms with E-state index in [4.69, 9.17) is 17.0 Å². The van der Waals surface area contributed by atoms with Gasteiger partial charge in [-0.3, -0.25) is 5.10 Å². The second kappa shape index (κ2) is 4.86. The van der Waals surface area contributed by atoms with Crippen molar-refractivity contribution in [1.82, 2.24) is 10.2 Å². The fraction of sp³-hybridized carbons (Fsp3) is 0.750. The van der Waals surface area contributed by atoms with Crippen LogP contribution in [-0.4, -0.2) is 29.5 Å². The summed E-state index contributed by atoms with van der Waals surface area (Å²) in [6.45, 7) is 1.72. The van der Waals surface area contributed by atoms with Crippen LogP contribution in [0.2, 0.25) is 0 Å². The summed E-state index contributed by atoms with van der Waals surface area (Å²) in [5.74, 6) is 0. The molecule has 1 aliphatic heterocycles. The molecule has 1 aromatic heterocycles. The first-order valence-electron chi connectivity index (χ1n) is 4.75. The lowest BCUT2D eigenvalue weighted by Crippen LogP contribution is -2.26. The van der Waals surface area contributed by atoms with Gasteiger partial charge in [-0.05, 0) is 31.5 Å². The Bertz CT molecular complexity index is 329. The topological polar surface area (TPSA) is 49.9 Å². The summed E-state index contributed by atoms with van der Waals surface area (Å²) >= 11 is 6.39. The summed E-state index contributed by atoms with van der Waals surface area (Å²) in [4.78, 5) is 0. The van der Waals surface area contributed by atoms with E-state index in [2.05, 4.69) is 15.5 Å². The van der Waals surface area contributed by atoms with Crippen molar-refractivity contribution in [2.45, 2.75) is 25.4 Å². The van der Waals surface area contributed by atoms with Gasteiger partial charge in [-0.2, -0.15) is 0 Å². The van der Waals surface area contributed by atoms with Crippen molar-refractivity contribution < 1.29 is 4.74 Å². The smallest absolute Gasteiger partial charge is 0.204 e. The van der Waals surface area contributed by atoms with Crippen LogP contribution < -0.4 is 5.32 Å². The molecule has 2 heterocycles. The molecule has 2 N–H and O–H groups in total. The van der Waals surface area contributed by atoms with Gasteiger partial charge >= 0.3 is 0 Å². The molecule has 0 amide bonds. The SMILES string of the molecule is S=c1[nH]nc(NCC2CCCCO2)s1. The van der Waals surface area contributed by atoms with Crippen LogP contribution >= 0.6 is 23.6 Å². The van der Waals surface area contributed by atoms with E-state index in [1.807, 2.05) is 0 Å². The molecule has 78 valence electrons. The summed E-state index contributed by atoms with van der Waals surface area (Å²) in [6.07, 6.45) is 3.93. The van der Waals surface area contributed by atoms with Gasteiger partial charge in [-0.1, -0.05) is 11.3 Å². The van der Waals surface area contributed by atoms with E-state index >= 15 is 0 Å². The van der Waals surface area contributed by atoms with Gasteiger partial charge in [0.15, 0.2) is 3.95 Å². The number of rotatable bonds is 3. The number of anilines is 1. The molecule has 4 nitrogen and oxygen atoms in total. The van der Waals surface area contributed by atoms with Crippen LogP contribution in [-0.2, 0) is 4.74 Å². The third kappa shape index (κ3) is 2.76. The van der Waals surface area contributed by atoms with Crippen LogP contribution in [0.15, 0.2) is 0 Å². The second-order valence-corrected chi connectivity index (χ2v) is 4.95. The van der Waals surface area contributed by atoms with Crippen LogP contribution in [0.25, 0.3) is 0 Å². The van der Waals surface area contributed by atoms with Crippen LogP contribution in [0.5, 0.6) is 0 Å². The van der Waals surface area contributed by atoms with E-state index in [9.17, 15) is 0 Å². The molecule has 0 saturated carbocycles. The van der Waals surface area contributed by atoms with E-state index in [0.29, 0.717) is 10.1 Å². The number of ether oxygens (including phenoxy) is 1. The predicted molar refractivity (Wildman–Crippen MR) is 59.4 cm³/mol. The number of hydrogen-bond acceptors (Lipinski definition) is 5. The zero-order valence-electron chi connectivity index (χ0n) is 7.78. The van der Waals surface area contributed by atoms with E-state index in [-0.39, 0.29) is 0 Å². The zero-order valence-corrected chi connectivity index (χ0v) is 9.42. The first-order chi connectivity index (χ1) is 6.84. The lowest BCUT2D eigenvalue weighted by atomic mass is 10.1. The standard InChI is InChI=1S/C8H13N3OS2/c13-8-11-10-7(14-8)9-5-6-3-1-2-4-12-6/h6H,1-5H2,(H,9,10)(H,11,13). The summed E-state index contributed by atoms with van der Waals surface area (Å²) < 4.78 is 6.29. The number of hydrogen-bond donors (Lipinski definition) is 2. The Morgan fingerprint density at radius 3 is 3.21 bits per heavy atom. The Morgan fingerprint density at radius 2 is 2.57 bits per heavy atom. The van der Waals surface area contributed by atoms with Gasteiger partial charge in [-0.15, -0.1) is 5.10 Å². The molecule has 2 rings (SSSR count). The summed E-state index contributed by atoms with van der Waals surface area (Å²) in [6, 6.07) is 0. The first-order valence-corrected chi connectivity index (χ1v) is 5.98. The normalized spacial score (nSPS) is 22.1. The molecule has 1 aromatic rings. The lowest BCUT2D eigenvalue weighted by Gasteiger charge is -2.22. The van der Waals surface area contributed by atoms with Crippen LogP contribution in [0.1, 0.15) is 19.3 Å². The molecule has 0 bridgehead atoms. The molecular formula is C8H13N3OS2. The second-order valence-electron chi connectivity index (χ2n) is 3.29. The van der Waals surface area contributed by atoms with E-state index in [1.54, 1.807) is 0 Å². The number of nitrogens with one attached hydrogen (secondary N) is 2. The van der Waals surface area contributed by atoms with Gasteiger partial charge in [0.25, 0.3) is 0 Å². The predicted octanol–water partition coefficient (Wildman–Crippen LogP) is 2.18. The monoisotopic (exact) mass is 231 g/mol. The largest absolute Gasteiger partial charge is 0.376 e. The highest BCUT2D eigenvalue weighted by Crippen LogP contribution is 2.15. The molecule has 1 atom stereocenters. The molecule has 1 fully saturated rings. The minimum absolute atomic E-state index is 0.334. The van der Waals surface area contributed by atoms with Crippen molar-refractivity contribution in [2.75, 3.05) is 18.5 Å². The third-order valence-corrected chi connectivity index (χ3v) is 3.24. The molecule has 0 aliphatic carbocycles. The molecule has 6 heteroatoms. The highest BCUT2D eigenvalue weighted by atomic mass is 32.1. The van der Waals surface area contributed by atoms with Crippen molar-refractivity contribution in [3.63, 3.8) is 0 Å². The summed E-state index contributed by atoms with van der Waals surface area (Å²) in [5, 5.41) is 10.8. The maximum absolute atomic E-state index is 5.58. The summed E-state index contributed by atoms with van der Waals surface area (Å²) in [7, 11) is 0. The molecule has 1 unspecified atom stereocenters. The zero-order chi connectivity index (χ0) is 9.80. The lowest BCUT2D eigenvalue weighted by molar-refractivity contribution is 0.0247. The first kappa shape index (κ1) is 10.1. The maximum atomic E-state index is 5.58. The van der Waals surface area contributed by atoms with Crippen LogP contribution in [0.4, 0.5) is 5.13 Å². The van der Waals surface area contributed by atoms with Crippen molar-refractivity contribution in [1.29, 1.82) is 0 Å². The van der Waals surface area contributed by atoms with Crippen molar-refractivity contribution in [2.24, 2.45) is 0 Å². The average Bonchev–Trinajstić information content (AvgIpc) is 2.63. The number of aromatic nitrogens is 2. The minimum atomic E-state index is 0.334. The molecular weight excluding hydrogens is 218 g/mol. The fourth-order valence-corrected chi connectivity index (χ4v) is 2.27. The molecule has 1 aliphatic rings. The van der Waals surface area contributed by atoms with Gasteiger partial charge in [-0.25, -0.2) is 0 Å². The van der Waals surface area contributed by atoms with Gasteiger partial charge in [0, 0.05) is 13.2 Å². The molecule has 0 radical (unpaired) electrons. The Hall–Kier alpha value is -0.460. The number of H-pyrrole nitrogens is 1. The van der Waals surface area contributed by atoms with Crippen molar-refractivity contribution in [3.8, 4) is 0 Å². The quantitative estimate of drug-likeness (QED) is 0.783. The Kier molecular flexibility index (Phi) is 3.49. The Balaban J connectivity index is 1.78. The average molecular weight is 231 g/mol. The van der Waals surface area contributed by atoms with Gasteiger partial charge in [0.1, 0.15) is 0 Å². The van der Waals surface area contributed by atoms with Crippen LogP contribution in [0.3, 0.4) is 0 Å². The molecule has 0 aromatic carbocycles. The highest BCUT2D eigenvalue weighted by molar-refractivity contribution is 7.73. The number of aromatic amines is 1. The Morgan fingerprint density at radius 1 is 1.64 bits per heavy atom. The van der Waals surface area contributed by atoms with Gasteiger partial charge in [0.05, 0.1) is 6.10 Å². The fourth-order valence-electron chi connectivity index (χ4n) is 1.48. The number of nitrogens with zero attached hydrogens (tertiary/aromatic N) is 1. The van der Waals surface area contributed by atoms with Gasteiger partial charge in [0.2, 0.25) is 5.13 Å². The highest BCUT2D eigenvalue weighted by Gasteiger charge is 2.13. The van der Waals surface area contributed by atoms with Crippen molar-refractivity contribution in [3.05, 3.63) is 3.95 Å². The Labute approximate surface area is 91.7 Å². The maximum Gasteiger partial charge on any atom is 0.204 e. The molecule has 1 saturated heterocycles. The van der Waals surface area contributed by atoms with E-state index in [1.165, 1.54) is 24.2 Å². The minimum Gasteiger partial charge on any atom is -0.376 e.